The van der Waals surface area contributed by atoms with Gasteiger partial charge in [0.15, 0.2) is 0 Å². The normalized spacial score (nSPS) is 19.4. The summed E-state index contributed by atoms with van der Waals surface area (Å²) in [5.41, 5.74) is 1.56. The minimum Gasteiger partial charge on any atom is -0.345 e. The van der Waals surface area contributed by atoms with Gasteiger partial charge in [0.2, 0.25) is 0 Å². The molecule has 1 aliphatic carbocycles. The molecule has 0 unspecified atom stereocenters. The first-order chi connectivity index (χ1) is 14.6. The molecular formula is C24H21N3O3. The summed E-state index contributed by atoms with van der Waals surface area (Å²) in [6, 6.07) is 25.3. The molecule has 1 fully saturated rings. The number of amides is 3. The number of carbonyl (C=O) groups is 3. The molecule has 6 heteroatoms. The number of benzene rings is 3. The Morgan fingerprint density at radius 2 is 0.667 bits per heavy atom. The van der Waals surface area contributed by atoms with E-state index >= 15 is 0 Å². The van der Waals surface area contributed by atoms with Crippen molar-refractivity contribution in [3.63, 3.8) is 0 Å². The first kappa shape index (κ1) is 19.4. The Labute approximate surface area is 174 Å². The second-order valence-corrected chi connectivity index (χ2v) is 7.10. The average molecular weight is 399 g/mol. The molecule has 0 radical (unpaired) electrons. The maximum Gasteiger partial charge on any atom is 0.251 e. The fourth-order valence-corrected chi connectivity index (χ4v) is 3.32. The molecule has 0 atom stereocenters. The van der Waals surface area contributed by atoms with Crippen LogP contribution >= 0.6 is 0 Å². The highest BCUT2D eigenvalue weighted by molar-refractivity contribution is 5.98. The van der Waals surface area contributed by atoms with Gasteiger partial charge in [0.05, 0.1) is 18.1 Å². The Kier molecular flexibility index (Phi) is 5.57. The summed E-state index contributed by atoms with van der Waals surface area (Å²) >= 11 is 0. The zero-order valence-electron chi connectivity index (χ0n) is 16.1. The zero-order valence-corrected chi connectivity index (χ0v) is 16.1. The second-order valence-electron chi connectivity index (χ2n) is 7.10. The molecule has 4 rings (SSSR count). The van der Waals surface area contributed by atoms with Crippen LogP contribution < -0.4 is 16.0 Å². The Bertz CT molecular complexity index is 896. The minimum absolute atomic E-state index is 0.254. The van der Waals surface area contributed by atoms with Gasteiger partial charge in [-0.1, -0.05) is 54.6 Å². The van der Waals surface area contributed by atoms with Crippen LogP contribution in [0.1, 0.15) is 31.1 Å². The van der Waals surface area contributed by atoms with Crippen molar-refractivity contribution < 1.29 is 14.4 Å². The van der Waals surface area contributed by atoms with Crippen LogP contribution in [0.15, 0.2) is 91.0 Å². The summed E-state index contributed by atoms with van der Waals surface area (Å²) in [6.45, 7) is 0. The van der Waals surface area contributed by atoms with E-state index in [1.165, 1.54) is 0 Å². The van der Waals surface area contributed by atoms with Gasteiger partial charge in [-0.25, -0.2) is 0 Å². The summed E-state index contributed by atoms with van der Waals surface area (Å²) in [4.78, 5) is 37.7. The fraction of sp³-hybridized carbons (Fsp3) is 0.125. The van der Waals surface area contributed by atoms with E-state index < -0.39 is 18.1 Å². The maximum absolute atomic E-state index is 12.6. The summed E-state index contributed by atoms with van der Waals surface area (Å²) in [7, 11) is 0. The molecule has 150 valence electrons. The van der Waals surface area contributed by atoms with Crippen molar-refractivity contribution in [2.45, 2.75) is 18.1 Å². The highest BCUT2D eigenvalue weighted by Gasteiger charge is 2.53. The monoisotopic (exact) mass is 399 g/mol. The van der Waals surface area contributed by atoms with Gasteiger partial charge >= 0.3 is 0 Å². The van der Waals surface area contributed by atoms with E-state index in [1.54, 1.807) is 72.8 Å². The predicted molar refractivity (Wildman–Crippen MR) is 113 cm³/mol. The van der Waals surface area contributed by atoms with E-state index in [0.29, 0.717) is 16.7 Å². The summed E-state index contributed by atoms with van der Waals surface area (Å²) < 4.78 is 0. The molecule has 6 nitrogen and oxygen atoms in total. The number of hydrogen-bond donors (Lipinski definition) is 3. The summed E-state index contributed by atoms with van der Waals surface area (Å²) in [5, 5.41) is 8.75. The van der Waals surface area contributed by atoms with Crippen LogP contribution in [0.25, 0.3) is 0 Å². The Morgan fingerprint density at radius 1 is 0.433 bits per heavy atom. The molecule has 0 saturated heterocycles. The highest BCUT2D eigenvalue weighted by atomic mass is 16.2. The Morgan fingerprint density at radius 3 is 0.900 bits per heavy atom. The van der Waals surface area contributed by atoms with Gasteiger partial charge in [-0.2, -0.15) is 0 Å². The maximum atomic E-state index is 12.6. The molecule has 0 aromatic heterocycles. The van der Waals surface area contributed by atoms with Gasteiger partial charge in [-0.05, 0) is 36.4 Å². The third-order valence-electron chi connectivity index (χ3n) is 5.02. The van der Waals surface area contributed by atoms with Crippen molar-refractivity contribution in [3.05, 3.63) is 108 Å². The SMILES string of the molecule is O=C(NC1C(NC(=O)c2ccccc2)C1NC(=O)c1ccccc1)c1ccccc1. The van der Waals surface area contributed by atoms with E-state index in [1.807, 2.05) is 18.2 Å². The van der Waals surface area contributed by atoms with Gasteiger partial charge in [-0.3, -0.25) is 14.4 Å². The highest BCUT2D eigenvalue weighted by Crippen LogP contribution is 2.25. The summed E-state index contributed by atoms with van der Waals surface area (Å²) in [5.74, 6) is -0.761. The van der Waals surface area contributed by atoms with Crippen LogP contribution in [0, 0.1) is 0 Å². The van der Waals surface area contributed by atoms with Crippen molar-refractivity contribution in [1.29, 1.82) is 0 Å². The van der Waals surface area contributed by atoms with Crippen molar-refractivity contribution in [2.75, 3.05) is 0 Å². The molecule has 3 aromatic rings. The lowest BCUT2D eigenvalue weighted by Gasteiger charge is -2.06. The van der Waals surface area contributed by atoms with Crippen LogP contribution in [0.3, 0.4) is 0 Å². The molecule has 30 heavy (non-hydrogen) atoms. The second kappa shape index (κ2) is 8.61. The Balaban J connectivity index is 1.47. The van der Waals surface area contributed by atoms with Crippen LogP contribution in [-0.2, 0) is 0 Å². The topological polar surface area (TPSA) is 87.3 Å². The van der Waals surface area contributed by atoms with Gasteiger partial charge in [-0.15, -0.1) is 0 Å². The van der Waals surface area contributed by atoms with Crippen molar-refractivity contribution in [1.82, 2.24) is 16.0 Å². The Hall–Kier alpha value is -3.93. The van der Waals surface area contributed by atoms with Crippen molar-refractivity contribution >= 4 is 17.7 Å². The van der Waals surface area contributed by atoms with Gasteiger partial charge < -0.3 is 16.0 Å². The molecule has 0 bridgehead atoms. The van der Waals surface area contributed by atoms with E-state index in [-0.39, 0.29) is 17.7 Å². The first-order valence-corrected chi connectivity index (χ1v) is 9.71. The average Bonchev–Trinajstić information content (AvgIpc) is 3.44. The third kappa shape index (κ3) is 4.38. The molecule has 3 N–H and O–H groups in total. The minimum atomic E-state index is -0.405. The first-order valence-electron chi connectivity index (χ1n) is 9.71. The molecule has 3 amide bonds. The lowest BCUT2D eigenvalue weighted by Crippen LogP contribution is -2.34. The van der Waals surface area contributed by atoms with Gasteiger partial charge in [0, 0.05) is 16.7 Å². The van der Waals surface area contributed by atoms with Crippen LogP contribution in [0.5, 0.6) is 0 Å². The number of rotatable bonds is 6. The van der Waals surface area contributed by atoms with E-state index in [9.17, 15) is 14.4 Å². The third-order valence-corrected chi connectivity index (χ3v) is 5.02. The smallest absolute Gasteiger partial charge is 0.251 e. The number of carbonyl (C=O) groups excluding carboxylic acids is 3. The zero-order chi connectivity index (χ0) is 20.9. The molecule has 1 saturated carbocycles. The summed E-state index contributed by atoms with van der Waals surface area (Å²) in [6.07, 6.45) is 0. The van der Waals surface area contributed by atoms with E-state index in [0.717, 1.165) is 0 Å². The molecule has 0 spiro atoms. The standard InChI is InChI=1S/C24H21N3O3/c28-22(16-10-4-1-5-11-16)25-19-20(26-23(29)17-12-6-2-7-13-17)21(19)27-24(30)18-14-8-3-9-15-18/h1-15,19-21H,(H,25,28)(H,26,29)(H,27,30). The van der Waals surface area contributed by atoms with Crippen LogP contribution in [0.2, 0.25) is 0 Å². The van der Waals surface area contributed by atoms with E-state index in [4.69, 9.17) is 0 Å². The predicted octanol–water partition coefficient (Wildman–Crippen LogP) is 2.40. The van der Waals surface area contributed by atoms with Crippen LogP contribution in [0.4, 0.5) is 0 Å². The fourth-order valence-electron chi connectivity index (χ4n) is 3.32. The van der Waals surface area contributed by atoms with Gasteiger partial charge in [0.25, 0.3) is 17.7 Å². The van der Waals surface area contributed by atoms with Crippen molar-refractivity contribution in [3.8, 4) is 0 Å². The molecule has 0 heterocycles. The molecule has 1 aliphatic rings. The molecular weight excluding hydrogens is 378 g/mol. The largest absolute Gasteiger partial charge is 0.345 e. The number of nitrogens with one attached hydrogen (secondary N) is 3. The lowest BCUT2D eigenvalue weighted by atomic mass is 10.2. The van der Waals surface area contributed by atoms with E-state index in [2.05, 4.69) is 16.0 Å². The number of hydrogen-bond acceptors (Lipinski definition) is 3. The molecule has 0 aliphatic heterocycles. The molecule has 3 aromatic carbocycles. The van der Waals surface area contributed by atoms with Gasteiger partial charge in [0.1, 0.15) is 0 Å². The lowest BCUT2D eigenvalue weighted by molar-refractivity contribution is 0.0926. The van der Waals surface area contributed by atoms with Crippen LogP contribution in [-0.4, -0.2) is 35.8 Å². The van der Waals surface area contributed by atoms with Crippen molar-refractivity contribution in [2.24, 2.45) is 0 Å². The quantitative estimate of drug-likeness (QED) is 0.595.